The van der Waals surface area contributed by atoms with Gasteiger partial charge in [0.15, 0.2) is 5.76 Å². The fourth-order valence-corrected chi connectivity index (χ4v) is 4.14. The summed E-state index contributed by atoms with van der Waals surface area (Å²) in [5.74, 6) is 0.895. The number of nitrogens with zero attached hydrogens (tertiary/aromatic N) is 2. The number of amides is 1. The van der Waals surface area contributed by atoms with Crippen molar-refractivity contribution in [1.29, 1.82) is 0 Å². The fraction of sp³-hybridized carbons (Fsp3) is 0.200. The summed E-state index contributed by atoms with van der Waals surface area (Å²) in [6.45, 7) is 6.27. The summed E-state index contributed by atoms with van der Waals surface area (Å²) in [6.07, 6.45) is 0. The van der Waals surface area contributed by atoms with Crippen LogP contribution in [0.5, 0.6) is 5.75 Å². The number of hydrogen-bond donors (Lipinski definition) is 1. The van der Waals surface area contributed by atoms with Gasteiger partial charge in [0.1, 0.15) is 18.1 Å². The van der Waals surface area contributed by atoms with Gasteiger partial charge >= 0.3 is 0 Å². The summed E-state index contributed by atoms with van der Waals surface area (Å²) in [5, 5.41) is 8.96. The van der Waals surface area contributed by atoms with Crippen molar-refractivity contribution in [3.8, 4) is 5.75 Å². The Balaban J connectivity index is 1.44. The molecule has 0 aliphatic carbocycles. The molecule has 4 rings (SSSR count). The Labute approximate surface area is 212 Å². The van der Waals surface area contributed by atoms with E-state index in [4.69, 9.17) is 44.0 Å². The molecule has 2 aromatic heterocycles. The molecule has 0 fully saturated rings. The number of rotatable bonds is 7. The van der Waals surface area contributed by atoms with Crippen LogP contribution in [0.2, 0.25) is 15.1 Å². The van der Waals surface area contributed by atoms with Crippen molar-refractivity contribution in [2.24, 2.45) is 0 Å². The van der Waals surface area contributed by atoms with E-state index in [0.29, 0.717) is 44.5 Å². The van der Waals surface area contributed by atoms with Crippen molar-refractivity contribution in [3.05, 3.63) is 97.6 Å². The minimum atomic E-state index is -0.375. The van der Waals surface area contributed by atoms with Gasteiger partial charge in [0.05, 0.1) is 38.7 Å². The third kappa shape index (κ3) is 5.25. The first-order valence-electron chi connectivity index (χ1n) is 10.5. The van der Waals surface area contributed by atoms with Gasteiger partial charge in [-0.05, 0) is 62.2 Å². The third-order valence-electron chi connectivity index (χ3n) is 5.34. The molecular formula is C25H22Cl3N3O3. The van der Waals surface area contributed by atoms with Crippen molar-refractivity contribution >= 4 is 46.4 Å². The molecule has 0 aliphatic rings. The van der Waals surface area contributed by atoms with E-state index in [2.05, 4.69) is 10.4 Å². The Morgan fingerprint density at radius 1 is 1.03 bits per heavy atom. The zero-order valence-corrected chi connectivity index (χ0v) is 21.1. The number of aryl methyl sites for hydroxylation is 2. The standard InChI is InChI=1S/C25H22Cl3N3O3/c1-14-5-4-6-20(27)24(14)33-13-18-8-10-22(34-18)25(32)29-23-15(2)30-31(16(23)3)12-17-7-9-19(26)21(28)11-17/h4-11H,12-13H2,1-3H3,(H,29,32). The van der Waals surface area contributed by atoms with E-state index in [9.17, 15) is 4.79 Å². The second-order valence-corrected chi connectivity index (χ2v) is 9.07. The predicted molar refractivity (Wildman–Crippen MR) is 134 cm³/mol. The maximum atomic E-state index is 12.8. The molecule has 0 bridgehead atoms. The van der Waals surface area contributed by atoms with Crippen molar-refractivity contribution < 1.29 is 13.9 Å². The predicted octanol–water partition coefficient (Wildman–Crippen LogP) is 7.24. The van der Waals surface area contributed by atoms with Gasteiger partial charge in [0.25, 0.3) is 5.91 Å². The first-order valence-corrected chi connectivity index (χ1v) is 11.6. The molecule has 0 saturated carbocycles. The molecule has 2 heterocycles. The Morgan fingerprint density at radius 2 is 1.82 bits per heavy atom. The normalized spacial score (nSPS) is 11.0. The van der Waals surface area contributed by atoms with Gasteiger partial charge < -0.3 is 14.5 Å². The van der Waals surface area contributed by atoms with Gasteiger partial charge in [-0.15, -0.1) is 0 Å². The summed E-state index contributed by atoms with van der Waals surface area (Å²) < 4.78 is 13.3. The average Bonchev–Trinajstić information content (AvgIpc) is 3.36. The molecule has 4 aromatic rings. The van der Waals surface area contributed by atoms with Gasteiger partial charge in [-0.1, -0.05) is 53.0 Å². The zero-order valence-electron chi connectivity index (χ0n) is 18.8. The Hall–Kier alpha value is -2.93. The van der Waals surface area contributed by atoms with Crippen LogP contribution in [-0.4, -0.2) is 15.7 Å². The van der Waals surface area contributed by atoms with Gasteiger partial charge in [-0.3, -0.25) is 9.48 Å². The lowest BCUT2D eigenvalue weighted by molar-refractivity contribution is 0.0992. The summed E-state index contributed by atoms with van der Waals surface area (Å²) >= 11 is 18.3. The molecule has 2 aromatic carbocycles. The molecule has 0 radical (unpaired) electrons. The minimum absolute atomic E-state index is 0.150. The highest BCUT2D eigenvalue weighted by Crippen LogP contribution is 2.29. The van der Waals surface area contributed by atoms with E-state index < -0.39 is 0 Å². The summed E-state index contributed by atoms with van der Waals surface area (Å²) in [5.41, 5.74) is 3.99. The SMILES string of the molecule is Cc1cccc(Cl)c1OCc1ccc(C(=O)Nc2c(C)nn(Cc3ccc(Cl)c(Cl)c3)c2C)o1. The van der Waals surface area contributed by atoms with Crippen LogP contribution in [0, 0.1) is 20.8 Å². The van der Waals surface area contributed by atoms with E-state index in [1.165, 1.54) is 0 Å². The molecule has 1 N–H and O–H groups in total. The Kier molecular flexibility index (Phi) is 7.22. The number of halogens is 3. The maximum Gasteiger partial charge on any atom is 0.291 e. The highest BCUT2D eigenvalue weighted by Gasteiger charge is 2.18. The molecule has 0 saturated heterocycles. The van der Waals surface area contributed by atoms with Crippen molar-refractivity contribution in [3.63, 3.8) is 0 Å². The lowest BCUT2D eigenvalue weighted by Gasteiger charge is -2.09. The van der Waals surface area contributed by atoms with Crippen LogP contribution >= 0.6 is 34.8 Å². The molecule has 176 valence electrons. The summed E-state index contributed by atoms with van der Waals surface area (Å²) in [7, 11) is 0. The molecular weight excluding hydrogens is 497 g/mol. The maximum absolute atomic E-state index is 12.8. The van der Waals surface area contributed by atoms with Crippen LogP contribution < -0.4 is 10.1 Å². The van der Waals surface area contributed by atoms with Crippen molar-refractivity contribution in [1.82, 2.24) is 9.78 Å². The number of carbonyl (C=O) groups is 1. The molecule has 1 amide bonds. The van der Waals surface area contributed by atoms with Crippen LogP contribution in [0.15, 0.2) is 52.9 Å². The number of benzene rings is 2. The Bertz CT molecular complexity index is 1340. The number of furan rings is 1. The number of para-hydroxylation sites is 1. The number of carbonyl (C=O) groups excluding carboxylic acids is 1. The number of ether oxygens (including phenoxy) is 1. The number of hydrogen-bond acceptors (Lipinski definition) is 4. The number of aromatic nitrogens is 2. The smallest absolute Gasteiger partial charge is 0.291 e. The lowest BCUT2D eigenvalue weighted by atomic mass is 10.2. The van der Waals surface area contributed by atoms with Gasteiger partial charge in [-0.25, -0.2) is 0 Å². The van der Waals surface area contributed by atoms with Crippen LogP contribution in [0.25, 0.3) is 0 Å². The molecule has 0 aliphatic heterocycles. The second-order valence-electron chi connectivity index (χ2n) is 7.85. The topological polar surface area (TPSA) is 69.3 Å². The fourth-order valence-electron chi connectivity index (χ4n) is 3.54. The first kappa shape index (κ1) is 24.2. The van der Waals surface area contributed by atoms with Crippen LogP contribution in [-0.2, 0) is 13.2 Å². The van der Waals surface area contributed by atoms with E-state index >= 15 is 0 Å². The highest BCUT2D eigenvalue weighted by molar-refractivity contribution is 6.42. The Morgan fingerprint density at radius 3 is 2.56 bits per heavy atom. The minimum Gasteiger partial charge on any atom is -0.484 e. The quantitative estimate of drug-likeness (QED) is 0.280. The molecule has 0 atom stereocenters. The van der Waals surface area contributed by atoms with Crippen LogP contribution in [0.4, 0.5) is 5.69 Å². The second kappa shape index (κ2) is 10.1. The van der Waals surface area contributed by atoms with Gasteiger partial charge in [-0.2, -0.15) is 5.10 Å². The van der Waals surface area contributed by atoms with Crippen LogP contribution in [0.1, 0.15) is 38.8 Å². The lowest BCUT2D eigenvalue weighted by Crippen LogP contribution is -2.12. The molecule has 34 heavy (non-hydrogen) atoms. The largest absolute Gasteiger partial charge is 0.484 e. The number of nitrogens with one attached hydrogen (secondary N) is 1. The van der Waals surface area contributed by atoms with E-state index in [1.807, 2.05) is 39.0 Å². The van der Waals surface area contributed by atoms with E-state index in [1.54, 1.807) is 35.0 Å². The third-order valence-corrected chi connectivity index (χ3v) is 6.38. The van der Waals surface area contributed by atoms with E-state index in [-0.39, 0.29) is 18.3 Å². The molecule has 0 unspecified atom stereocenters. The summed E-state index contributed by atoms with van der Waals surface area (Å²) in [6, 6.07) is 14.3. The summed E-state index contributed by atoms with van der Waals surface area (Å²) in [4.78, 5) is 12.8. The monoisotopic (exact) mass is 517 g/mol. The highest BCUT2D eigenvalue weighted by atomic mass is 35.5. The van der Waals surface area contributed by atoms with E-state index in [0.717, 1.165) is 16.8 Å². The molecule has 0 spiro atoms. The number of anilines is 1. The van der Waals surface area contributed by atoms with Crippen molar-refractivity contribution in [2.45, 2.75) is 33.9 Å². The van der Waals surface area contributed by atoms with Crippen molar-refractivity contribution in [2.75, 3.05) is 5.32 Å². The first-order chi connectivity index (χ1) is 16.2. The zero-order chi connectivity index (χ0) is 24.4. The average molecular weight is 519 g/mol. The molecule has 9 heteroatoms. The van der Waals surface area contributed by atoms with Gasteiger partial charge in [0.2, 0.25) is 0 Å². The molecule has 6 nitrogen and oxygen atoms in total. The van der Waals surface area contributed by atoms with Crippen LogP contribution in [0.3, 0.4) is 0 Å². The van der Waals surface area contributed by atoms with Gasteiger partial charge in [0, 0.05) is 0 Å².